The van der Waals surface area contributed by atoms with E-state index in [0.29, 0.717) is 0 Å². The molecule has 0 atom stereocenters. The monoisotopic (exact) mass is 282 g/mol. The van der Waals surface area contributed by atoms with Crippen molar-refractivity contribution in [1.82, 2.24) is 0 Å². The van der Waals surface area contributed by atoms with Crippen molar-refractivity contribution in [3.05, 3.63) is 70.8 Å². The van der Waals surface area contributed by atoms with Crippen molar-refractivity contribution in [2.45, 2.75) is 59.8 Å². The molecule has 0 aliphatic carbocycles. The van der Waals surface area contributed by atoms with Gasteiger partial charge in [0.15, 0.2) is 0 Å². The smallest absolute Gasteiger partial charge is 0.00949 e. The van der Waals surface area contributed by atoms with E-state index in [1.54, 1.807) is 0 Å². The molecule has 0 spiro atoms. The SMILES string of the molecule is CC(C)=CCCC(C)=CCCC(C)=CCc1ccccc1. The molecule has 0 aliphatic heterocycles. The first-order valence-corrected chi connectivity index (χ1v) is 8.06. The summed E-state index contributed by atoms with van der Waals surface area (Å²) in [5.41, 5.74) is 5.82. The molecule has 1 rings (SSSR count). The molecule has 1 aromatic rings. The van der Waals surface area contributed by atoms with Crippen LogP contribution in [0.3, 0.4) is 0 Å². The zero-order valence-electron chi connectivity index (χ0n) is 14.2. The van der Waals surface area contributed by atoms with Crippen molar-refractivity contribution in [2.24, 2.45) is 0 Å². The topological polar surface area (TPSA) is 0 Å². The molecule has 114 valence electrons. The number of hydrogen-bond acceptors (Lipinski definition) is 0. The summed E-state index contributed by atoms with van der Waals surface area (Å²) in [7, 11) is 0. The van der Waals surface area contributed by atoms with Gasteiger partial charge in [0.05, 0.1) is 0 Å². The summed E-state index contributed by atoms with van der Waals surface area (Å²) < 4.78 is 0. The molecule has 0 fully saturated rings. The Labute approximate surface area is 131 Å². The Morgan fingerprint density at radius 2 is 1.33 bits per heavy atom. The average molecular weight is 282 g/mol. The molecule has 0 unspecified atom stereocenters. The van der Waals surface area contributed by atoms with Gasteiger partial charge in [0.25, 0.3) is 0 Å². The Morgan fingerprint density at radius 1 is 0.762 bits per heavy atom. The third-order valence-corrected chi connectivity index (χ3v) is 3.65. The molecular weight excluding hydrogens is 252 g/mol. The lowest BCUT2D eigenvalue weighted by molar-refractivity contribution is 0.914. The predicted octanol–water partition coefficient (Wildman–Crippen LogP) is 6.65. The molecule has 0 nitrogen and oxygen atoms in total. The van der Waals surface area contributed by atoms with E-state index < -0.39 is 0 Å². The van der Waals surface area contributed by atoms with Gasteiger partial charge in [-0.15, -0.1) is 0 Å². The molecule has 0 heterocycles. The van der Waals surface area contributed by atoms with Gasteiger partial charge < -0.3 is 0 Å². The van der Waals surface area contributed by atoms with Crippen LogP contribution < -0.4 is 0 Å². The van der Waals surface area contributed by atoms with E-state index >= 15 is 0 Å². The van der Waals surface area contributed by atoms with E-state index in [2.05, 4.69) is 76.3 Å². The van der Waals surface area contributed by atoms with Gasteiger partial charge in [0, 0.05) is 0 Å². The minimum absolute atomic E-state index is 1.05. The molecule has 1 aromatic carbocycles. The van der Waals surface area contributed by atoms with Crippen molar-refractivity contribution >= 4 is 0 Å². The molecule has 0 saturated carbocycles. The highest BCUT2D eigenvalue weighted by Gasteiger charge is 1.93. The largest absolute Gasteiger partial charge is 0.0856 e. The lowest BCUT2D eigenvalue weighted by Gasteiger charge is -2.02. The van der Waals surface area contributed by atoms with Crippen LogP contribution in [0.2, 0.25) is 0 Å². The summed E-state index contributed by atoms with van der Waals surface area (Å²) >= 11 is 0. The van der Waals surface area contributed by atoms with Crippen LogP contribution >= 0.6 is 0 Å². The summed E-state index contributed by atoms with van der Waals surface area (Å²) in [6.45, 7) is 8.83. The average Bonchev–Trinajstić information content (AvgIpc) is 2.46. The molecule has 0 heteroatoms. The van der Waals surface area contributed by atoms with Crippen molar-refractivity contribution in [3.8, 4) is 0 Å². The van der Waals surface area contributed by atoms with Gasteiger partial charge in [-0.1, -0.05) is 65.3 Å². The number of hydrogen-bond donors (Lipinski definition) is 0. The summed E-state index contributed by atoms with van der Waals surface area (Å²) in [6.07, 6.45) is 12.8. The Morgan fingerprint density at radius 3 is 1.95 bits per heavy atom. The van der Waals surface area contributed by atoms with Gasteiger partial charge in [0.1, 0.15) is 0 Å². The fourth-order valence-electron chi connectivity index (χ4n) is 2.25. The maximum Gasteiger partial charge on any atom is -0.00949 e. The Balaban J connectivity index is 2.29. The molecule has 0 aliphatic rings. The van der Waals surface area contributed by atoms with E-state index in [1.807, 2.05) is 0 Å². The van der Waals surface area contributed by atoms with Crippen LogP contribution in [0.1, 0.15) is 58.9 Å². The van der Waals surface area contributed by atoms with Gasteiger partial charge in [-0.25, -0.2) is 0 Å². The van der Waals surface area contributed by atoms with Gasteiger partial charge in [-0.3, -0.25) is 0 Å². The Kier molecular flexibility index (Phi) is 8.50. The molecule has 0 bridgehead atoms. The zero-order valence-corrected chi connectivity index (χ0v) is 14.2. The summed E-state index contributed by atoms with van der Waals surface area (Å²) in [4.78, 5) is 0. The molecule has 0 N–H and O–H groups in total. The van der Waals surface area contributed by atoms with E-state index in [4.69, 9.17) is 0 Å². The van der Waals surface area contributed by atoms with Crippen molar-refractivity contribution in [1.29, 1.82) is 0 Å². The summed E-state index contributed by atoms with van der Waals surface area (Å²) in [5, 5.41) is 0. The lowest BCUT2D eigenvalue weighted by atomic mass is 10.0. The molecule has 0 amide bonds. The summed E-state index contributed by atoms with van der Waals surface area (Å²) in [6, 6.07) is 10.7. The first-order chi connectivity index (χ1) is 10.1. The Bertz CT molecular complexity index is 482. The third kappa shape index (κ3) is 9.07. The molecule has 0 saturated heterocycles. The second-order valence-electron chi connectivity index (χ2n) is 6.15. The lowest BCUT2D eigenvalue weighted by Crippen LogP contribution is -1.84. The predicted molar refractivity (Wildman–Crippen MR) is 95.6 cm³/mol. The van der Waals surface area contributed by atoms with Crippen molar-refractivity contribution in [3.63, 3.8) is 0 Å². The fraction of sp³-hybridized carbons (Fsp3) is 0.429. The quantitative estimate of drug-likeness (QED) is 0.468. The number of benzene rings is 1. The molecule has 21 heavy (non-hydrogen) atoms. The van der Waals surface area contributed by atoms with Crippen LogP contribution in [-0.2, 0) is 6.42 Å². The molecular formula is C21H30. The van der Waals surface area contributed by atoms with Crippen LogP contribution in [0.15, 0.2) is 65.3 Å². The van der Waals surface area contributed by atoms with Crippen LogP contribution in [-0.4, -0.2) is 0 Å². The van der Waals surface area contributed by atoms with Crippen LogP contribution in [0.25, 0.3) is 0 Å². The number of allylic oxidation sites excluding steroid dienone is 6. The first-order valence-electron chi connectivity index (χ1n) is 8.06. The van der Waals surface area contributed by atoms with Gasteiger partial charge in [-0.2, -0.15) is 0 Å². The van der Waals surface area contributed by atoms with Gasteiger partial charge in [0.2, 0.25) is 0 Å². The maximum atomic E-state index is 2.40. The Hall–Kier alpha value is -1.56. The van der Waals surface area contributed by atoms with Crippen LogP contribution in [0, 0.1) is 0 Å². The van der Waals surface area contributed by atoms with Crippen LogP contribution in [0.4, 0.5) is 0 Å². The molecule has 0 radical (unpaired) electrons. The first kappa shape index (κ1) is 17.5. The van der Waals surface area contributed by atoms with E-state index in [1.165, 1.54) is 41.5 Å². The van der Waals surface area contributed by atoms with Crippen LogP contribution in [0.5, 0.6) is 0 Å². The maximum absolute atomic E-state index is 2.40. The standard InChI is InChI=1S/C21H30/c1-18(2)10-8-11-19(3)12-9-13-20(4)16-17-21-14-6-5-7-15-21/h5-7,10,12,14-16H,8-9,11,13,17H2,1-4H3. The van der Waals surface area contributed by atoms with Gasteiger partial charge in [-0.05, 0) is 65.4 Å². The normalized spacial score (nSPS) is 12.4. The van der Waals surface area contributed by atoms with E-state index in [9.17, 15) is 0 Å². The highest BCUT2D eigenvalue weighted by atomic mass is 14.0. The van der Waals surface area contributed by atoms with Crippen molar-refractivity contribution in [2.75, 3.05) is 0 Å². The van der Waals surface area contributed by atoms with E-state index in [0.717, 1.165) is 12.8 Å². The number of rotatable bonds is 8. The second kappa shape index (κ2) is 10.2. The van der Waals surface area contributed by atoms with Crippen molar-refractivity contribution < 1.29 is 0 Å². The second-order valence-corrected chi connectivity index (χ2v) is 6.15. The minimum atomic E-state index is 1.05. The van der Waals surface area contributed by atoms with E-state index in [-0.39, 0.29) is 0 Å². The highest BCUT2D eigenvalue weighted by Crippen LogP contribution is 2.12. The molecule has 0 aromatic heterocycles. The van der Waals surface area contributed by atoms with Gasteiger partial charge >= 0.3 is 0 Å². The zero-order chi connectivity index (χ0) is 15.5. The minimum Gasteiger partial charge on any atom is -0.0856 e. The third-order valence-electron chi connectivity index (χ3n) is 3.65. The fourth-order valence-corrected chi connectivity index (χ4v) is 2.25. The summed E-state index contributed by atoms with van der Waals surface area (Å²) in [5.74, 6) is 0. The highest BCUT2D eigenvalue weighted by molar-refractivity contribution is 5.19.